The molecule has 1 aromatic carbocycles. The van der Waals surface area contributed by atoms with E-state index in [2.05, 4.69) is 5.32 Å². The van der Waals surface area contributed by atoms with Crippen molar-refractivity contribution in [2.45, 2.75) is 13.0 Å². The van der Waals surface area contributed by atoms with Gasteiger partial charge in [-0.15, -0.1) is 0 Å². The van der Waals surface area contributed by atoms with E-state index in [4.69, 9.17) is 27.9 Å². The van der Waals surface area contributed by atoms with Crippen LogP contribution in [-0.4, -0.2) is 19.8 Å². The van der Waals surface area contributed by atoms with E-state index in [9.17, 15) is 0 Å². The molecule has 1 N–H and O–H groups in total. The predicted octanol–water partition coefficient (Wildman–Crippen LogP) is 3.12. The minimum atomic E-state index is 0.637. The molecule has 2 rings (SSSR count). The number of hydrogen-bond donors (Lipinski definition) is 1. The van der Waals surface area contributed by atoms with Crippen LogP contribution in [0.25, 0.3) is 0 Å². The molecule has 1 unspecified atom stereocenters. The maximum Gasteiger partial charge on any atom is 0.0507 e. The van der Waals surface area contributed by atoms with Crippen LogP contribution in [0.5, 0.6) is 0 Å². The lowest BCUT2D eigenvalue weighted by atomic mass is 10.1. The SMILES string of the molecule is Clc1ccc(Cl)c(CNCC2CCOC2)c1. The third-order valence-electron chi connectivity index (χ3n) is 2.78. The van der Waals surface area contributed by atoms with Crippen molar-refractivity contribution in [3.05, 3.63) is 33.8 Å². The highest BCUT2D eigenvalue weighted by Crippen LogP contribution is 2.20. The van der Waals surface area contributed by atoms with E-state index in [1.165, 1.54) is 0 Å². The van der Waals surface area contributed by atoms with Crippen molar-refractivity contribution in [3.8, 4) is 0 Å². The number of rotatable bonds is 4. The third kappa shape index (κ3) is 3.36. The highest BCUT2D eigenvalue weighted by Gasteiger charge is 2.14. The summed E-state index contributed by atoms with van der Waals surface area (Å²) in [5.41, 5.74) is 1.05. The smallest absolute Gasteiger partial charge is 0.0507 e. The predicted molar refractivity (Wildman–Crippen MR) is 67.1 cm³/mol. The zero-order valence-corrected chi connectivity index (χ0v) is 10.5. The Kier molecular flexibility index (Phi) is 4.47. The zero-order valence-electron chi connectivity index (χ0n) is 9.01. The van der Waals surface area contributed by atoms with Gasteiger partial charge in [-0.1, -0.05) is 23.2 Å². The van der Waals surface area contributed by atoms with Gasteiger partial charge in [0.1, 0.15) is 0 Å². The second-order valence-corrected chi connectivity index (χ2v) is 4.94. The molecular weight excluding hydrogens is 245 g/mol. The van der Waals surface area contributed by atoms with Crippen molar-refractivity contribution >= 4 is 23.2 Å². The Hall–Kier alpha value is -0.280. The average molecular weight is 260 g/mol. The number of benzene rings is 1. The van der Waals surface area contributed by atoms with E-state index in [1.54, 1.807) is 6.07 Å². The van der Waals surface area contributed by atoms with Gasteiger partial charge >= 0.3 is 0 Å². The summed E-state index contributed by atoms with van der Waals surface area (Å²) in [7, 11) is 0. The van der Waals surface area contributed by atoms with Crippen molar-refractivity contribution in [1.82, 2.24) is 5.32 Å². The van der Waals surface area contributed by atoms with Gasteiger partial charge in [0, 0.05) is 29.7 Å². The maximum atomic E-state index is 6.07. The number of nitrogens with one attached hydrogen (secondary N) is 1. The minimum absolute atomic E-state index is 0.637. The molecule has 0 spiro atoms. The first-order chi connectivity index (χ1) is 7.75. The van der Waals surface area contributed by atoms with Crippen LogP contribution in [-0.2, 0) is 11.3 Å². The van der Waals surface area contributed by atoms with Gasteiger partial charge in [0.2, 0.25) is 0 Å². The topological polar surface area (TPSA) is 21.3 Å². The molecule has 4 heteroatoms. The fourth-order valence-electron chi connectivity index (χ4n) is 1.83. The second kappa shape index (κ2) is 5.87. The summed E-state index contributed by atoms with van der Waals surface area (Å²) < 4.78 is 5.32. The Morgan fingerprint density at radius 1 is 1.38 bits per heavy atom. The summed E-state index contributed by atoms with van der Waals surface area (Å²) >= 11 is 12.0. The highest BCUT2D eigenvalue weighted by molar-refractivity contribution is 6.33. The summed E-state index contributed by atoms with van der Waals surface area (Å²) in [5.74, 6) is 0.637. The van der Waals surface area contributed by atoms with Gasteiger partial charge in [0.05, 0.1) is 6.61 Å². The van der Waals surface area contributed by atoms with Crippen LogP contribution in [0.3, 0.4) is 0 Å². The van der Waals surface area contributed by atoms with Crippen LogP contribution in [0.1, 0.15) is 12.0 Å². The Balaban J connectivity index is 1.82. The van der Waals surface area contributed by atoms with Crippen LogP contribution in [0, 0.1) is 5.92 Å². The molecule has 1 aromatic rings. The van der Waals surface area contributed by atoms with E-state index in [0.29, 0.717) is 5.92 Å². The Labute approximate surface area is 106 Å². The van der Waals surface area contributed by atoms with Crippen molar-refractivity contribution < 1.29 is 4.74 Å². The monoisotopic (exact) mass is 259 g/mol. The van der Waals surface area contributed by atoms with Gasteiger partial charge < -0.3 is 10.1 Å². The first-order valence-corrected chi connectivity index (χ1v) is 6.23. The van der Waals surface area contributed by atoms with Crippen molar-refractivity contribution in [2.75, 3.05) is 19.8 Å². The minimum Gasteiger partial charge on any atom is -0.381 e. The first kappa shape index (κ1) is 12.2. The summed E-state index contributed by atoms with van der Waals surface area (Å²) in [6, 6.07) is 5.54. The molecule has 0 saturated carbocycles. The van der Waals surface area contributed by atoms with Crippen molar-refractivity contribution in [2.24, 2.45) is 5.92 Å². The Bertz CT molecular complexity index is 351. The summed E-state index contributed by atoms with van der Waals surface area (Å²) in [6.07, 6.45) is 1.15. The normalized spacial score (nSPS) is 20.2. The maximum absolute atomic E-state index is 6.07. The van der Waals surface area contributed by atoms with Crippen LogP contribution < -0.4 is 5.32 Å². The number of ether oxygens (including phenoxy) is 1. The summed E-state index contributed by atoms with van der Waals surface area (Å²) in [4.78, 5) is 0. The highest BCUT2D eigenvalue weighted by atomic mass is 35.5. The average Bonchev–Trinajstić information content (AvgIpc) is 2.76. The van der Waals surface area contributed by atoms with Crippen LogP contribution in [0.2, 0.25) is 10.0 Å². The van der Waals surface area contributed by atoms with Gasteiger partial charge in [-0.2, -0.15) is 0 Å². The molecule has 0 aromatic heterocycles. The molecule has 2 nitrogen and oxygen atoms in total. The van der Waals surface area contributed by atoms with Gasteiger partial charge in [0.15, 0.2) is 0 Å². The van der Waals surface area contributed by atoms with Gasteiger partial charge in [-0.3, -0.25) is 0 Å². The number of hydrogen-bond acceptors (Lipinski definition) is 2. The lowest BCUT2D eigenvalue weighted by Crippen LogP contribution is -2.22. The first-order valence-electron chi connectivity index (χ1n) is 5.48. The molecule has 88 valence electrons. The van der Waals surface area contributed by atoms with Crippen LogP contribution >= 0.6 is 23.2 Å². The van der Waals surface area contributed by atoms with E-state index in [-0.39, 0.29) is 0 Å². The van der Waals surface area contributed by atoms with E-state index in [0.717, 1.165) is 48.3 Å². The molecule has 1 aliphatic heterocycles. The van der Waals surface area contributed by atoms with Crippen molar-refractivity contribution in [1.29, 1.82) is 0 Å². The molecule has 1 aliphatic rings. The fraction of sp³-hybridized carbons (Fsp3) is 0.500. The zero-order chi connectivity index (χ0) is 11.4. The molecular formula is C12H15Cl2NO. The van der Waals surface area contributed by atoms with Crippen LogP contribution in [0.4, 0.5) is 0 Å². The molecule has 16 heavy (non-hydrogen) atoms. The molecule has 1 atom stereocenters. The van der Waals surface area contributed by atoms with E-state index < -0.39 is 0 Å². The molecule has 0 amide bonds. The number of halogens is 2. The largest absolute Gasteiger partial charge is 0.381 e. The Morgan fingerprint density at radius 2 is 2.25 bits per heavy atom. The molecule has 1 fully saturated rings. The van der Waals surface area contributed by atoms with Crippen molar-refractivity contribution in [3.63, 3.8) is 0 Å². The molecule has 0 bridgehead atoms. The van der Waals surface area contributed by atoms with Crippen LogP contribution in [0.15, 0.2) is 18.2 Å². The van der Waals surface area contributed by atoms with E-state index >= 15 is 0 Å². The lowest BCUT2D eigenvalue weighted by Gasteiger charge is -2.10. The fourth-order valence-corrected chi connectivity index (χ4v) is 2.21. The standard InChI is InChI=1S/C12H15Cl2NO/c13-11-1-2-12(14)10(5-11)7-15-6-9-3-4-16-8-9/h1-2,5,9,15H,3-4,6-8H2. The second-order valence-electron chi connectivity index (χ2n) is 4.10. The summed E-state index contributed by atoms with van der Waals surface area (Å²) in [6.45, 7) is 3.50. The third-order valence-corrected chi connectivity index (χ3v) is 3.38. The quantitative estimate of drug-likeness (QED) is 0.898. The molecule has 0 radical (unpaired) electrons. The Morgan fingerprint density at radius 3 is 3.00 bits per heavy atom. The van der Waals surface area contributed by atoms with Gasteiger partial charge in [-0.25, -0.2) is 0 Å². The molecule has 1 heterocycles. The van der Waals surface area contributed by atoms with Gasteiger partial charge in [0.25, 0.3) is 0 Å². The lowest BCUT2D eigenvalue weighted by molar-refractivity contribution is 0.185. The molecule has 1 saturated heterocycles. The molecule has 0 aliphatic carbocycles. The summed E-state index contributed by atoms with van der Waals surface area (Å²) in [5, 5.41) is 4.88. The van der Waals surface area contributed by atoms with Gasteiger partial charge in [-0.05, 0) is 36.1 Å². The van der Waals surface area contributed by atoms with E-state index in [1.807, 2.05) is 12.1 Å².